The van der Waals surface area contributed by atoms with Crippen molar-refractivity contribution in [1.29, 1.82) is 0 Å². The highest BCUT2D eigenvalue weighted by Gasteiger charge is 2.28. The van der Waals surface area contributed by atoms with Gasteiger partial charge in [0.1, 0.15) is 11.7 Å². The number of carboxylic acids is 1. The number of carbonyl (C=O) groups excluding carboxylic acids is 1. The number of rotatable bonds is 2. The van der Waals surface area contributed by atoms with E-state index in [0.29, 0.717) is 6.54 Å². The average molecular weight is 217 g/mol. The van der Waals surface area contributed by atoms with Crippen molar-refractivity contribution in [3.63, 3.8) is 0 Å². The molecule has 0 aromatic carbocycles. The summed E-state index contributed by atoms with van der Waals surface area (Å²) in [4.78, 5) is 24.2. The van der Waals surface area contributed by atoms with Gasteiger partial charge in [0, 0.05) is 6.54 Å². The average Bonchev–Trinajstić information content (AvgIpc) is 2.29. The molecular formula is C12H11NO3. The second-order valence-electron chi connectivity index (χ2n) is 3.53. The molecule has 1 heterocycles. The quantitative estimate of drug-likeness (QED) is 0.746. The fourth-order valence-corrected chi connectivity index (χ4v) is 1.76. The van der Waals surface area contributed by atoms with Gasteiger partial charge in [-0.2, -0.15) is 0 Å². The highest BCUT2D eigenvalue weighted by molar-refractivity contribution is 5.98. The van der Waals surface area contributed by atoms with Crippen LogP contribution in [0.1, 0.15) is 0 Å². The molecule has 0 fully saturated rings. The van der Waals surface area contributed by atoms with Gasteiger partial charge >= 0.3 is 5.97 Å². The van der Waals surface area contributed by atoms with Gasteiger partial charge in [-0.25, -0.2) is 4.79 Å². The van der Waals surface area contributed by atoms with Gasteiger partial charge in [-0.1, -0.05) is 30.4 Å². The van der Waals surface area contributed by atoms with E-state index in [-0.39, 0.29) is 11.5 Å². The van der Waals surface area contributed by atoms with Gasteiger partial charge in [0.05, 0.1) is 0 Å². The summed E-state index contributed by atoms with van der Waals surface area (Å²) in [5.41, 5.74) is 0.154. The van der Waals surface area contributed by atoms with Gasteiger partial charge in [-0.05, 0) is 12.2 Å². The molecule has 0 aromatic heterocycles. The number of carboxylic acid groups (broad SMARTS) is 1. The Bertz CT molecular complexity index is 443. The van der Waals surface area contributed by atoms with Crippen molar-refractivity contribution >= 4 is 11.8 Å². The number of allylic oxidation sites excluding steroid dienone is 4. The minimum atomic E-state index is -1.01. The molecule has 1 N–H and O–H groups in total. The summed E-state index contributed by atoms with van der Waals surface area (Å²) in [6.45, 7) is 0.437. The Kier molecular flexibility index (Phi) is 2.72. The normalized spacial score (nSPS) is 23.5. The van der Waals surface area contributed by atoms with Crippen LogP contribution in [0.25, 0.3) is 0 Å². The van der Waals surface area contributed by atoms with Crippen molar-refractivity contribution in [1.82, 2.24) is 4.90 Å². The summed E-state index contributed by atoms with van der Waals surface area (Å²) in [5.74, 6) is -1.11. The zero-order chi connectivity index (χ0) is 11.5. The lowest BCUT2D eigenvalue weighted by Gasteiger charge is -2.31. The number of nitrogens with zero attached hydrogens (tertiary/aromatic N) is 1. The molecule has 0 amide bonds. The second kappa shape index (κ2) is 4.18. The molecule has 0 radical (unpaired) electrons. The fourth-order valence-electron chi connectivity index (χ4n) is 1.76. The van der Waals surface area contributed by atoms with E-state index in [1.807, 2.05) is 6.08 Å². The lowest BCUT2D eigenvalue weighted by atomic mass is 10.0. The van der Waals surface area contributed by atoms with Crippen molar-refractivity contribution < 1.29 is 14.7 Å². The van der Waals surface area contributed by atoms with Gasteiger partial charge in [-0.3, -0.25) is 4.79 Å². The molecule has 0 saturated carbocycles. The Morgan fingerprint density at radius 1 is 1.38 bits per heavy atom. The first-order chi connectivity index (χ1) is 7.70. The molecule has 1 aliphatic heterocycles. The smallest absolute Gasteiger partial charge is 0.352 e. The maximum absolute atomic E-state index is 11.6. The van der Waals surface area contributed by atoms with Crippen LogP contribution in [0.15, 0.2) is 48.2 Å². The third kappa shape index (κ3) is 1.82. The molecule has 82 valence electrons. The van der Waals surface area contributed by atoms with Crippen LogP contribution < -0.4 is 0 Å². The zero-order valence-corrected chi connectivity index (χ0v) is 8.54. The molecule has 0 spiro atoms. The molecule has 1 unspecified atom stereocenters. The van der Waals surface area contributed by atoms with Crippen LogP contribution in [0.3, 0.4) is 0 Å². The Balaban J connectivity index is 2.27. The summed E-state index contributed by atoms with van der Waals surface area (Å²) < 4.78 is 0. The molecule has 0 bridgehead atoms. The van der Waals surface area contributed by atoms with Crippen LogP contribution in [0.4, 0.5) is 0 Å². The minimum absolute atomic E-state index is 0.0926. The standard InChI is InChI=1S/C12H11NO3/c14-11-7-2-1-5-9(11)13-8-4-3-6-10(13)12(15)16/h1-7,9H,8H2,(H,15,16). The van der Waals surface area contributed by atoms with Crippen LogP contribution in [-0.2, 0) is 9.59 Å². The molecule has 4 nitrogen and oxygen atoms in total. The largest absolute Gasteiger partial charge is 0.477 e. The lowest BCUT2D eigenvalue weighted by molar-refractivity contribution is -0.134. The van der Waals surface area contributed by atoms with Crippen molar-refractivity contribution in [2.75, 3.05) is 6.54 Å². The van der Waals surface area contributed by atoms with Gasteiger partial charge in [0.25, 0.3) is 0 Å². The summed E-state index contributed by atoms with van der Waals surface area (Å²) in [7, 11) is 0. The maximum atomic E-state index is 11.6. The zero-order valence-electron chi connectivity index (χ0n) is 8.54. The minimum Gasteiger partial charge on any atom is -0.477 e. The highest BCUT2D eigenvalue weighted by Crippen LogP contribution is 2.18. The Hall–Kier alpha value is -2.10. The second-order valence-corrected chi connectivity index (χ2v) is 3.53. The Labute approximate surface area is 92.9 Å². The monoisotopic (exact) mass is 217 g/mol. The van der Waals surface area contributed by atoms with Crippen molar-refractivity contribution in [3.05, 3.63) is 48.2 Å². The molecule has 0 aromatic rings. The van der Waals surface area contributed by atoms with Crippen LogP contribution in [0.5, 0.6) is 0 Å². The van der Waals surface area contributed by atoms with Crippen LogP contribution in [0.2, 0.25) is 0 Å². The molecule has 1 aliphatic carbocycles. The third-order valence-corrected chi connectivity index (χ3v) is 2.51. The van der Waals surface area contributed by atoms with Crippen molar-refractivity contribution in [2.24, 2.45) is 0 Å². The van der Waals surface area contributed by atoms with E-state index in [1.165, 1.54) is 12.2 Å². The van der Waals surface area contributed by atoms with E-state index in [1.54, 1.807) is 29.2 Å². The number of hydrogen-bond donors (Lipinski definition) is 1. The summed E-state index contributed by atoms with van der Waals surface area (Å²) in [6, 6.07) is -0.503. The first-order valence-electron chi connectivity index (χ1n) is 4.95. The summed E-state index contributed by atoms with van der Waals surface area (Å²) in [6.07, 6.45) is 11.6. The number of carbonyl (C=O) groups is 2. The third-order valence-electron chi connectivity index (χ3n) is 2.51. The van der Waals surface area contributed by atoms with E-state index in [9.17, 15) is 9.59 Å². The van der Waals surface area contributed by atoms with Crippen LogP contribution >= 0.6 is 0 Å². The molecule has 4 heteroatoms. The van der Waals surface area contributed by atoms with Gasteiger partial charge < -0.3 is 10.0 Å². The van der Waals surface area contributed by atoms with E-state index < -0.39 is 12.0 Å². The molecule has 2 aliphatic rings. The maximum Gasteiger partial charge on any atom is 0.352 e. The molecule has 16 heavy (non-hydrogen) atoms. The molecular weight excluding hydrogens is 206 g/mol. The number of hydrogen-bond acceptors (Lipinski definition) is 3. The summed E-state index contributed by atoms with van der Waals surface area (Å²) in [5, 5.41) is 9.03. The first kappa shape index (κ1) is 10.4. The van der Waals surface area contributed by atoms with Crippen molar-refractivity contribution in [3.8, 4) is 0 Å². The summed E-state index contributed by atoms with van der Waals surface area (Å²) >= 11 is 0. The van der Waals surface area contributed by atoms with Gasteiger partial charge in [0.15, 0.2) is 5.78 Å². The lowest BCUT2D eigenvalue weighted by Crippen LogP contribution is -2.42. The molecule has 0 saturated heterocycles. The Morgan fingerprint density at radius 3 is 2.88 bits per heavy atom. The fraction of sp³-hybridized carbons (Fsp3) is 0.167. The van der Waals surface area contributed by atoms with Crippen LogP contribution in [-0.4, -0.2) is 34.3 Å². The van der Waals surface area contributed by atoms with Gasteiger partial charge in [0.2, 0.25) is 0 Å². The topological polar surface area (TPSA) is 57.6 Å². The van der Waals surface area contributed by atoms with E-state index in [4.69, 9.17) is 5.11 Å². The van der Waals surface area contributed by atoms with Gasteiger partial charge in [-0.15, -0.1) is 0 Å². The van der Waals surface area contributed by atoms with E-state index >= 15 is 0 Å². The number of aliphatic carboxylic acids is 1. The molecule has 2 rings (SSSR count). The highest BCUT2D eigenvalue weighted by atomic mass is 16.4. The predicted octanol–water partition coefficient (Wildman–Crippen LogP) is 0.890. The number of ketones is 1. The van der Waals surface area contributed by atoms with E-state index in [2.05, 4.69) is 0 Å². The SMILES string of the molecule is O=C(O)C1=CC=CCN1C1C=CC=CC1=O. The Morgan fingerprint density at radius 2 is 2.19 bits per heavy atom. The van der Waals surface area contributed by atoms with Crippen LogP contribution in [0, 0.1) is 0 Å². The predicted molar refractivity (Wildman–Crippen MR) is 58.6 cm³/mol. The molecule has 1 atom stereocenters. The van der Waals surface area contributed by atoms with E-state index in [0.717, 1.165) is 0 Å². The first-order valence-corrected chi connectivity index (χ1v) is 4.95. The van der Waals surface area contributed by atoms with Crippen molar-refractivity contribution in [2.45, 2.75) is 6.04 Å².